The topological polar surface area (TPSA) is 20.5 Å². The molecule has 0 saturated heterocycles. The molecule has 2 heterocycles. The van der Waals surface area contributed by atoms with Crippen LogP contribution >= 0.6 is 0 Å². The van der Waals surface area contributed by atoms with Crippen molar-refractivity contribution in [2.75, 3.05) is 14.1 Å². The molecule has 0 radical (unpaired) electrons. The Balaban J connectivity index is 2.46. The van der Waals surface area contributed by atoms with Crippen molar-refractivity contribution in [3.63, 3.8) is 0 Å². The van der Waals surface area contributed by atoms with Gasteiger partial charge in [0.1, 0.15) is 5.65 Å². The molecule has 2 rings (SSSR count). The van der Waals surface area contributed by atoms with Gasteiger partial charge in [-0.05, 0) is 32.1 Å². The van der Waals surface area contributed by atoms with Crippen LogP contribution in [0.3, 0.4) is 0 Å². The highest BCUT2D eigenvalue weighted by Crippen LogP contribution is 2.10. The zero-order valence-electron chi connectivity index (χ0n) is 9.57. The van der Waals surface area contributed by atoms with E-state index < -0.39 is 0 Å². The first-order valence-corrected chi connectivity index (χ1v) is 5.30. The van der Waals surface area contributed by atoms with Crippen LogP contribution in [-0.4, -0.2) is 28.4 Å². The monoisotopic (exact) mass is 203 g/mol. The van der Waals surface area contributed by atoms with Crippen molar-refractivity contribution in [1.82, 2.24) is 14.3 Å². The van der Waals surface area contributed by atoms with E-state index in [1.165, 1.54) is 11.3 Å². The molecule has 15 heavy (non-hydrogen) atoms. The zero-order valence-corrected chi connectivity index (χ0v) is 9.57. The van der Waals surface area contributed by atoms with Gasteiger partial charge in [0.15, 0.2) is 0 Å². The first kappa shape index (κ1) is 10.2. The van der Waals surface area contributed by atoms with E-state index in [1.807, 2.05) is 6.20 Å². The highest BCUT2D eigenvalue weighted by atomic mass is 15.1. The SMILES string of the molecule is CCc1ccc2ncc(CN(C)C)n2c1. The molecular weight excluding hydrogens is 186 g/mol. The average Bonchev–Trinajstić information content (AvgIpc) is 2.60. The van der Waals surface area contributed by atoms with Crippen LogP contribution < -0.4 is 0 Å². The van der Waals surface area contributed by atoms with Crippen molar-refractivity contribution in [1.29, 1.82) is 0 Å². The molecule has 2 aromatic rings. The Morgan fingerprint density at radius 1 is 1.33 bits per heavy atom. The molecule has 0 aliphatic heterocycles. The lowest BCUT2D eigenvalue weighted by Crippen LogP contribution is -2.12. The van der Waals surface area contributed by atoms with Crippen LogP contribution in [-0.2, 0) is 13.0 Å². The van der Waals surface area contributed by atoms with Crippen molar-refractivity contribution in [3.05, 3.63) is 35.8 Å². The second-order valence-electron chi connectivity index (χ2n) is 4.11. The van der Waals surface area contributed by atoms with Gasteiger partial charge < -0.3 is 9.30 Å². The number of aromatic nitrogens is 2. The predicted molar refractivity (Wildman–Crippen MR) is 62.0 cm³/mol. The van der Waals surface area contributed by atoms with Gasteiger partial charge >= 0.3 is 0 Å². The van der Waals surface area contributed by atoms with Gasteiger partial charge in [-0.1, -0.05) is 13.0 Å². The van der Waals surface area contributed by atoms with Gasteiger partial charge in [0.05, 0.1) is 11.9 Å². The molecule has 0 N–H and O–H groups in total. The average molecular weight is 203 g/mol. The third kappa shape index (κ3) is 2.02. The smallest absolute Gasteiger partial charge is 0.136 e. The normalized spacial score (nSPS) is 11.5. The van der Waals surface area contributed by atoms with Crippen LogP contribution in [0, 0.1) is 0 Å². The summed E-state index contributed by atoms with van der Waals surface area (Å²) in [5.74, 6) is 0. The Kier molecular flexibility index (Phi) is 2.73. The van der Waals surface area contributed by atoms with E-state index in [0.717, 1.165) is 18.6 Å². The third-order valence-corrected chi connectivity index (χ3v) is 2.53. The summed E-state index contributed by atoms with van der Waals surface area (Å²) < 4.78 is 2.18. The molecule has 0 unspecified atom stereocenters. The molecule has 0 fully saturated rings. The molecule has 0 spiro atoms. The number of nitrogens with zero attached hydrogens (tertiary/aromatic N) is 3. The van der Waals surface area contributed by atoms with Crippen LogP contribution in [0.25, 0.3) is 5.65 Å². The van der Waals surface area contributed by atoms with Crippen molar-refractivity contribution in [2.45, 2.75) is 19.9 Å². The number of fused-ring (bicyclic) bond motifs is 1. The van der Waals surface area contributed by atoms with Crippen molar-refractivity contribution in [2.24, 2.45) is 0 Å². The Bertz CT molecular complexity index is 457. The summed E-state index contributed by atoms with van der Waals surface area (Å²) >= 11 is 0. The van der Waals surface area contributed by atoms with Crippen LogP contribution in [0.4, 0.5) is 0 Å². The molecule has 0 bridgehead atoms. The Labute approximate surface area is 90.4 Å². The van der Waals surface area contributed by atoms with Crippen molar-refractivity contribution in [3.8, 4) is 0 Å². The fraction of sp³-hybridized carbons (Fsp3) is 0.417. The Hall–Kier alpha value is -1.35. The minimum Gasteiger partial charge on any atom is -0.304 e. The molecule has 0 aliphatic rings. The number of imidazole rings is 1. The molecule has 0 atom stereocenters. The van der Waals surface area contributed by atoms with E-state index >= 15 is 0 Å². The minimum atomic E-state index is 0.925. The number of pyridine rings is 1. The number of aryl methyl sites for hydroxylation is 1. The molecule has 80 valence electrons. The largest absolute Gasteiger partial charge is 0.304 e. The Morgan fingerprint density at radius 2 is 2.13 bits per heavy atom. The fourth-order valence-electron chi connectivity index (χ4n) is 1.73. The fourth-order valence-corrected chi connectivity index (χ4v) is 1.73. The lowest BCUT2D eigenvalue weighted by molar-refractivity contribution is 0.395. The summed E-state index contributed by atoms with van der Waals surface area (Å²) in [5.41, 5.74) is 3.62. The molecular formula is C12H17N3. The number of rotatable bonds is 3. The summed E-state index contributed by atoms with van der Waals surface area (Å²) in [6.45, 7) is 3.10. The molecule has 0 amide bonds. The second kappa shape index (κ2) is 4.03. The Morgan fingerprint density at radius 3 is 2.80 bits per heavy atom. The van der Waals surface area contributed by atoms with Crippen LogP contribution in [0.1, 0.15) is 18.2 Å². The maximum absolute atomic E-state index is 4.38. The van der Waals surface area contributed by atoms with E-state index in [9.17, 15) is 0 Å². The third-order valence-electron chi connectivity index (χ3n) is 2.53. The van der Waals surface area contributed by atoms with Gasteiger partial charge in [-0.3, -0.25) is 0 Å². The summed E-state index contributed by atoms with van der Waals surface area (Å²) in [7, 11) is 4.14. The van der Waals surface area contributed by atoms with Gasteiger partial charge in [0.25, 0.3) is 0 Å². The lowest BCUT2D eigenvalue weighted by Gasteiger charge is -2.09. The highest BCUT2D eigenvalue weighted by molar-refractivity contribution is 5.41. The molecule has 0 saturated carbocycles. The number of hydrogen-bond acceptors (Lipinski definition) is 2. The van der Waals surface area contributed by atoms with Gasteiger partial charge in [-0.15, -0.1) is 0 Å². The van der Waals surface area contributed by atoms with Crippen LogP contribution in [0.2, 0.25) is 0 Å². The van der Waals surface area contributed by atoms with Crippen molar-refractivity contribution < 1.29 is 0 Å². The summed E-state index contributed by atoms with van der Waals surface area (Å²) in [6.07, 6.45) is 5.20. The van der Waals surface area contributed by atoms with Crippen LogP contribution in [0.15, 0.2) is 24.5 Å². The van der Waals surface area contributed by atoms with E-state index in [0.29, 0.717) is 0 Å². The zero-order chi connectivity index (χ0) is 10.8. The number of hydrogen-bond donors (Lipinski definition) is 0. The first-order chi connectivity index (χ1) is 7.20. The lowest BCUT2D eigenvalue weighted by atomic mass is 10.2. The van der Waals surface area contributed by atoms with E-state index in [-0.39, 0.29) is 0 Å². The van der Waals surface area contributed by atoms with Gasteiger partial charge in [-0.25, -0.2) is 4.98 Å². The molecule has 3 nitrogen and oxygen atoms in total. The molecule has 2 aromatic heterocycles. The van der Waals surface area contributed by atoms with Gasteiger partial charge in [-0.2, -0.15) is 0 Å². The first-order valence-electron chi connectivity index (χ1n) is 5.30. The van der Waals surface area contributed by atoms with Gasteiger partial charge in [0.2, 0.25) is 0 Å². The summed E-state index contributed by atoms with van der Waals surface area (Å²) in [4.78, 5) is 6.54. The predicted octanol–water partition coefficient (Wildman–Crippen LogP) is 1.96. The van der Waals surface area contributed by atoms with E-state index in [2.05, 4.69) is 53.6 Å². The van der Waals surface area contributed by atoms with E-state index in [1.54, 1.807) is 0 Å². The molecule has 0 aliphatic carbocycles. The van der Waals surface area contributed by atoms with E-state index in [4.69, 9.17) is 0 Å². The summed E-state index contributed by atoms with van der Waals surface area (Å²) in [5, 5.41) is 0. The van der Waals surface area contributed by atoms with Crippen LogP contribution in [0.5, 0.6) is 0 Å². The van der Waals surface area contributed by atoms with Crippen molar-refractivity contribution >= 4 is 5.65 Å². The maximum Gasteiger partial charge on any atom is 0.136 e. The molecule has 0 aromatic carbocycles. The second-order valence-corrected chi connectivity index (χ2v) is 4.11. The highest BCUT2D eigenvalue weighted by Gasteiger charge is 2.04. The quantitative estimate of drug-likeness (QED) is 0.760. The van der Waals surface area contributed by atoms with Gasteiger partial charge in [0, 0.05) is 12.7 Å². The maximum atomic E-state index is 4.38. The molecule has 3 heteroatoms. The summed E-state index contributed by atoms with van der Waals surface area (Å²) in [6, 6.07) is 4.22. The standard InChI is InChI=1S/C12H17N3/c1-4-10-5-6-12-13-7-11(9-14(2)3)15(12)8-10/h5-8H,4,9H2,1-3H3. The minimum absolute atomic E-state index is 0.925.